The molecule has 0 aliphatic rings. The zero-order valence-corrected chi connectivity index (χ0v) is 21.6. The normalized spacial score (nSPS) is 10.6. The van der Waals surface area contributed by atoms with Crippen LogP contribution in [0.1, 0.15) is 18.3 Å². The number of amides is 2. The summed E-state index contributed by atoms with van der Waals surface area (Å²) in [4.78, 5) is 23.2. The fourth-order valence-corrected chi connectivity index (χ4v) is 4.45. The number of carbonyl (C=O) groups excluding carboxylic acids is 1. The number of methoxy groups -OCH3 is 1. The van der Waals surface area contributed by atoms with E-state index in [-0.39, 0.29) is 12.2 Å². The minimum Gasteiger partial charge on any atom is -0.497 e. The SMILES string of the molecule is CCOc1ccc(NC(=O)NCc2nnc(SCc3cccc(OC)c3)n2-c2ccc([N+](=O)[O-])cc2)cc1. The molecule has 0 aliphatic heterocycles. The number of anilines is 1. The molecule has 0 saturated heterocycles. The number of benzene rings is 3. The van der Waals surface area contributed by atoms with Crippen molar-refractivity contribution in [1.82, 2.24) is 20.1 Å². The second-order valence-electron chi connectivity index (χ2n) is 7.91. The Morgan fingerprint density at radius 3 is 2.50 bits per heavy atom. The first-order valence-electron chi connectivity index (χ1n) is 11.7. The van der Waals surface area contributed by atoms with Gasteiger partial charge in [-0.15, -0.1) is 10.2 Å². The van der Waals surface area contributed by atoms with Crippen molar-refractivity contribution in [3.05, 3.63) is 94.3 Å². The number of hydrogen-bond donors (Lipinski definition) is 2. The molecule has 3 aromatic carbocycles. The maximum absolute atomic E-state index is 12.5. The van der Waals surface area contributed by atoms with Gasteiger partial charge in [-0.05, 0) is 61.0 Å². The first kappa shape index (κ1) is 26.5. The van der Waals surface area contributed by atoms with Crippen molar-refractivity contribution in [3.63, 3.8) is 0 Å². The molecule has 0 saturated carbocycles. The molecule has 38 heavy (non-hydrogen) atoms. The third kappa shape index (κ3) is 6.79. The number of hydrogen-bond acceptors (Lipinski definition) is 8. The molecular formula is C26H26N6O5S. The molecule has 4 aromatic rings. The third-order valence-electron chi connectivity index (χ3n) is 5.35. The molecule has 0 spiro atoms. The second-order valence-corrected chi connectivity index (χ2v) is 8.86. The lowest BCUT2D eigenvalue weighted by molar-refractivity contribution is -0.384. The highest BCUT2D eigenvalue weighted by Gasteiger charge is 2.17. The number of carbonyl (C=O) groups is 1. The molecule has 11 nitrogen and oxygen atoms in total. The monoisotopic (exact) mass is 534 g/mol. The van der Waals surface area contributed by atoms with E-state index in [1.54, 1.807) is 48.1 Å². The van der Waals surface area contributed by atoms with Crippen molar-refractivity contribution >= 4 is 29.2 Å². The van der Waals surface area contributed by atoms with Gasteiger partial charge in [0, 0.05) is 29.3 Å². The number of rotatable bonds is 11. The van der Waals surface area contributed by atoms with Gasteiger partial charge in [0.2, 0.25) is 0 Å². The van der Waals surface area contributed by atoms with Gasteiger partial charge in [-0.1, -0.05) is 23.9 Å². The Hall–Kier alpha value is -4.58. The number of nitrogens with zero attached hydrogens (tertiary/aromatic N) is 4. The van der Waals surface area contributed by atoms with E-state index in [0.717, 1.165) is 11.3 Å². The maximum Gasteiger partial charge on any atom is 0.319 e. The lowest BCUT2D eigenvalue weighted by Crippen LogP contribution is -2.29. The van der Waals surface area contributed by atoms with Crippen LogP contribution >= 0.6 is 11.8 Å². The lowest BCUT2D eigenvalue weighted by atomic mass is 10.2. The summed E-state index contributed by atoms with van der Waals surface area (Å²) in [5.74, 6) is 2.53. The molecule has 0 aliphatic carbocycles. The van der Waals surface area contributed by atoms with Crippen LogP contribution in [0.25, 0.3) is 5.69 Å². The van der Waals surface area contributed by atoms with Crippen LogP contribution in [-0.2, 0) is 12.3 Å². The molecule has 196 valence electrons. The van der Waals surface area contributed by atoms with Gasteiger partial charge >= 0.3 is 6.03 Å². The Balaban J connectivity index is 1.50. The number of nitrogens with one attached hydrogen (secondary N) is 2. The van der Waals surface area contributed by atoms with Gasteiger partial charge in [-0.3, -0.25) is 14.7 Å². The average Bonchev–Trinajstić information content (AvgIpc) is 3.35. The Bertz CT molecular complexity index is 1390. The lowest BCUT2D eigenvalue weighted by Gasteiger charge is -2.12. The summed E-state index contributed by atoms with van der Waals surface area (Å²) < 4.78 is 12.5. The Labute approximate surface area is 223 Å². The second kappa shape index (κ2) is 12.6. The molecule has 0 unspecified atom stereocenters. The van der Waals surface area contributed by atoms with E-state index in [1.165, 1.54) is 23.9 Å². The first-order valence-corrected chi connectivity index (χ1v) is 12.7. The largest absolute Gasteiger partial charge is 0.497 e. The van der Waals surface area contributed by atoms with Gasteiger partial charge in [0.15, 0.2) is 11.0 Å². The van der Waals surface area contributed by atoms with Crippen LogP contribution in [0.3, 0.4) is 0 Å². The van der Waals surface area contributed by atoms with Crippen molar-refractivity contribution in [2.24, 2.45) is 0 Å². The van der Waals surface area contributed by atoms with Crippen LogP contribution in [0.2, 0.25) is 0 Å². The summed E-state index contributed by atoms with van der Waals surface area (Å²) in [6, 6.07) is 20.4. The highest BCUT2D eigenvalue weighted by Crippen LogP contribution is 2.27. The summed E-state index contributed by atoms with van der Waals surface area (Å²) in [6.45, 7) is 2.53. The first-order chi connectivity index (χ1) is 18.5. The van der Waals surface area contributed by atoms with Crippen molar-refractivity contribution in [1.29, 1.82) is 0 Å². The summed E-state index contributed by atoms with van der Waals surface area (Å²) in [5.41, 5.74) is 2.25. The minimum absolute atomic E-state index is 0.0261. The van der Waals surface area contributed by atoms with Crippen LogP contribution in [0.4, 0.5) is 16.2 Å². The van der Waals surface area contributed by atoms with E-state index in [9.17, 15) is 14.9 Å². The van der Waals surface area contributed by atoms with E-state index in [1.807, 2.05) is 31.2 Å². The van der Waals surface area contributed by atoms with Crippen molar-refractivity contribution in [3.8, 4) is 17.2 Å². The van der Waals surface area contributed by atoms with Crippen molar-refractivity contribution in [2.75, 3.05) is 19.0 Å². The van der Waals surface area contributed by atoms with Crippen LogP contribution in [0.5, 0.6) is 11.5 Å². The molecule has 0 atom stereocenters. The molecule has 2 amide bonds. The maximum atomic E-state index is 12.5. The summed E-state index contributed by atoms with van der Waals surface area (Å²) in [6.07, 6.45) is 0. The molecular weight excluding hydrogens is 508 g/mol. The highest BCUT2D eigenvalue weighted by atomic mass is 32.2. The van der Waals surface area contributed by atoms with Crippen LogP contribution in [-0.4, -0.2) is 39.4 Å². The van der Waals surface area contributed by atoms with Crippen molar-refractivity contribution in [2.45, 2.75) is 24.4 Å². The quantitative estimate of drug-likeness (QED) is 0.152. The molecule has 0 bridgehead atoms. The van der Waals surface area contributed by atoms with Gasteiger partial charge in [-0.2, -0.15) is 0 Å². The molecule has 0 fully saturated rings. The molecule has 4 rings (SSSR count). The Kier molecular flexibility index (Phi) is 8.77. The highest BCUT2D eigenvalue weighted by molar-refractivity contribution is 7.98. The fourth-order valence-electron chi connectivity index (χ4n) is 3.54. The predicted molar refractivity (Wildman–Crippen MR) is 144 cm³/mol. The van der Waals surface area contributed by atoms with Crippen LogP contribution < -0.4 is 20.1 Å². The number of thioether (sulfide) groups is 1. The number of non-ortho nitro benzene ring substituents is 1. The predicted octanol–water partition coefficient (Wildman–Crippen LogP) is 5.20. The molecule has 12 heteroatoms. The van der Waals surface area contributed by atoms with Gasteiger partial charge in [0.1, 0.15) is 11.5 Å². The van der Waals surface area contributed by atoms with Gasteiger partial charge in [0.05, 0.1) is 25.2 Å². The molecule has 1 heterocycles. The number of nitro groups is 1. The molecule has 2 N–H and O–H groups in total. The fraction of sp³-hybridized carbons (Fsp3) is 0.192. The number of ether oxygens (including phenoxy) is 2. The zero-order valence-electron chi connectivity index (χ0n) is 20.8. The van der Waals surface area contributed by atoms with Gasteiger partial charge in [-0.25, -0.2) is 4.79 Å². The number of urea groups is 1. The summed E-state index contributed by atoms with van der Waals surface area (Å²) >= 11 is 1.45. The zero-order chi connectivity index (χ0) is 26.9. The average molecular weight is 535 g/mol. The third-order valence-corrected chi connectivity index (χ3v) is 6.35. The number of nitro benzene ring substituents is 1. The van der Waals surface area contributed by atoms with E-state index < -0.39 is 11.0 Å². The van der Waals surface area contributed by atoms with Gasteiger partial charge < -0.3 is 20.1 Å². The number of aromatic nitrogens is 3. The topological polar surface area (TPSA) is 133 Å². The Morgan fingerprint density at radius 1 is 1.05 bits per heavy atom. The summed E-state index contributed by atoms with van der Waals surface area (Å²) in [5, 5.41) is 25.9. The van der Waals surface area contributed by atoms with E-state index in [2.05, 4.69) is 20.8 Å². The van der Waals surface area contributed by atoms with Crippen LogP contribution in [0.15, 0.2) is 78.0 Å². The van der Waals surface area contributed by atoms with Crippen LogP contribution in [0, 0.1) is 10.1 Å². The van der Waals surface area contributed by atoms with E-state index in [4.69, 9.17) is 9.47 Å². The summed E-state index contributed by atoms with van der Waals surface area (Å²) in [7, 11) is 1.61. The minimum atomic E-state index is -0.456. The smallest absolute Gasteiger partial charge is 0.319 e. The van der Waals surface area contributed by atoms with Gasteiger partial charge in [0.25, 0.3) is 5.69 Å². The van der Waals surface area contributed by atoms with E-state index in [0.29, 0.717) is 40.5 Å². The molecule has 1 aromatic heterocycles. The van der Waals surface area contributed by atoms with Crippen molar-refractivity contribution < 1.29 is 19.2 Å². The Morgan fingerprint density at radius 2 is 1.82 bits per heavy atom. The van der Waals surface area contributed by atoms with E-state index >= 15 is 0 Å². The standard InChI is InChI=1S/C26H26N6O5S/c1-3-37-22-13-7-19(8-14-22)28-25(33)27-16-24-29-30-26(38-17-18-5-4-6-23(15-18)36-2)31(24)20-9-11-21(12-10-20)32(34)35/h4-15H,3,16-17H2,1-2H3,(H2,27,28,33). The molecule has 0 radical (unpaired) electrons.